The molecular formula is C13H17N3O4. The SMILES string of the molecule is CC1CCCC1CNc1ncc([N+](=O)[O-])cc1C(=O)O. The van der Waals surface area contributed by atoms with Crippen molar-refractivity contribution in [2.75, 3.05) is 11.9 Å². The fraction of sp³-hybridized carbons (Fsp3) is 0.538. The van der Waals surface area contributed by atoms with Gasteiger partial charge in [-0.05, 0) is 18.3 Å². The molecule has 2 rings (SSSR count). The van der Waals surface area contributed by atoms with Crippen LogP contribution in [0.3, 0.4) is 0 Å². The van der Waals surface area contributed by atoms with E-state index in [1.807, 2.05) is 0 Å². The first-order valence-electron chi connectivity index (χ1n) is 6.60. The molecule has 0 aliphatic heterocycles. The second kappa shape index (κ2) is 5.85. The molecule has 1 heterocycles. The van der Waals surface area contributed by atoms with E-state index in [2.05, 4.69) is 17.2 Å². The number of anilines is 1. The average Bonchev–Trinajstić information content (AvgIpc) is 2.81. The second-order valence-corrected chi connectivity index (χ2v) is 5.20. The van der Waals surface area contributed by atoms with Gasteiger partial charge in [-0.1, -0.05) is 19.8 Å². The fourth-order valence-corrected chi connectivity index (χ4v) is 2.61. The number of carboxylic acids is 1. The largest absolute Gasteiger partial charge is 0.478 e. The monoisotopic (exact) mass is 279 g/mol. The molecular weight excluding hydrogens is 262 g/mol. The Kier molecular flexibility index (Phi) is 4.16. The number of aromatic nitrogens is 1. The zero-order chi connectivity index (χ0) is 14.7. The Labute approximate surface area is 116 Å². The van der Waals surface area contributed by atoms with Gasteiger partial charge in [0.2, 0.25) is 0 Å². The zero-order valence-electron chi connectivity index (χ0n) is 11.2. The summed E-state index contributed by atoms with van der Waals surface area (Å²) in [6.07, 6.45) is 4.56. The van der Waals surface area contributed by atoms with Crippen LogP contribution in [0.25, 0.3) is 0 Å². The molecule has 0 spiro atoms. The third kappa shape index (κ3) is 3.04. The number of hydrogen-bond acceptors (Lipinski definition) is 5. The number of carboxylic acid groups (broad SMARTS) is 1. The molecule has 20 heavy (non-hydrogen) atoms. The minimum Gasteiger partial charge on any atom is -0.478 e. The number of pyridine rings is 1. The molecule has 2 atom stereocenters. The summed E-state index contributed by atoms with van der Waals surface area (Å²) in [7, 11) is 0. The average molecular weight is 279 g/mol. The van der Waals surface area contributed by atoms with Crippen LogP contribution in [-0.2, 0) is 0 Å². The standard InChI is InChI=1S/C13H17N3O4/c1-8-3-2-4-9(8)6-14-12-11(13(17)18)5-10(7-15-12)16(19)20/h5,7-9H,2-4,6H2,1H3,(H,14,15)(H,17,18). The summed E-state index contributed by atoms with van der Waals surface area (Å²) in [5, 5.41) is 22.8. The number of nitrogens with zero attached hydrogens (tertiary/aromatic N) is 2. The Morgan fingerprint density at radius 2 is 2.35 bits per heavy atom. The van der Waals surface area contributed by atoms with Gasteiger partial charge in [0.1, 0.15) is 17.6 Å². The van der Waals surface area contributed by atoms with Crippen LogP contribution >= 0.6 is 0 Å². The molecule has 2 N–H and O–H groups in total. The Morgan fingerprint density at radius 3 is 2.90 bits per heavy atom. The number of rotatable bonds is 5. The number of carbonyl (C=O) groups is 1. The molecule has 1 fully saturated rings. The van der Waals surface area contributed by atoms with Crippen LogP contribution in [0, 0.1) is 22.0 Å². The van der Waals surface area contributed by atoms with Gasteiger partial charge in [0.15, 0.2) is 0 Å². The maximum absolute atomic E-state index is 11.2. The molecule has 1 aliphatic rings. The van der Waals surface area contributed by atoms with Crippen molar-refractivity contribution < 1.29 is 14.8 Å². The molecule has 0 aromatic carbocycles. The smallest absolute Gasteiger partial charge is 0.339 e. The topological polar surface area (TPSA) is 105 Å². The van der Waals surface area contributed by atoms with Crippen molar-refractivity contribution in [3.8, 4) is 0 Å². The summed E-state index contributed by atoms with van der Waals surface area (Å²) < 4.78 is 0. The second-order valence-electron chi connectivity index (χ2n) is 5.20. The summed E-state index contributed by atoms with van der Waals surface area (Å²) >= 11 is 0. The van der Waals surface area contributed by atoms with Gasteiger partial charge in [-0.15, -0.1) is 0 Å². The Hall–Kier alpha value is -2.18. The summed E-state index contributed by atoms with van der Waals surface area (Å²) in [4.78, 5) is 25.0. The summed E-state index contributed by atoms with van der Waals surface area (Å²) in [5.74, 6) is 0.0767. The Balaban J connectivity index is 2.14. The third-order valence-corrected chi connectivity index (χ3v) is 3.89. The van der Waals surface area contributed by atoms with Gasteiger partial charge in [-0.25, -0.2) is 9.78 Å². The highest BCUT2D eigenvalue weighted by molar-refractivity contribution is 5.93. The number of hydrogen-bond donors (Lipinski definition) is 2. The van der Waals surface area contributed by atoms with E-state index < -0.39 is 10.9 Å². The van der Waals surface area contributed by atoms with E-state index >= 15 is 0 Å². The van der Waals surface area contributed by atoms with Crippen molar-refractivity contribution in [1.29, 1.82) is 0 Å². The van der Waals surface area contributed by atoms with E-state index in [1.54, 1.807) is 0 Å². The van der Waals surface area contributed by atoms with Crippen LogP contribution in [0.1, 0.15) is 36.5 Å². The molecule has 7 nitrogen and oxygen atoms in total. The third-order valence-electron chi connectivity index (χ3n) is 3.89. The Bertz CT molecular complexity index is 532. The highest BCUT2D eigenvalue weighted by atomic mass is 16.6. The van der Waals surface area contributed by atoms with E-state index in [0.29, 0.717) is 18.4 Å². The maximum Gasteiger partial charge on any atom is 0.339 e. The zero-order valence-corrected chi connectivity index (χ0v) is 11.2. The quantitative estimate of drug-likeness (QED) is 0.633. The van der Waals surface area contributed by atoms with Gasteiger partial charge in [0.05, 0.1) is 4.92 Å². The van der Waals surface area contributed by atoms with Crippen LogP contribution in [-0.4, -0.2) is 27.5 Å². The molecule has 1 aromatic heterocycles. The summed E-state index contributed by atoms with van der Waals surface area (Å²) in [6.45, 7) is 2.83. The predicted molar refractivity (Wildman–Crippen MR) is 72.8 cm³/mol. The summed E-state index contributed by atoms with van der Waals surface area (Å²) in [6, 6.07) is 1.04. The Morgan fingerprint density at radius 1 is 1.60 bits per heavy atom. The van der Waals surface area contributed by atoms with Crippen LogP contribution in [0.5, 0.6) is 0 Å². The lowest BCUT2D eigenvalue weighted by atomic mass is 9.98. The molecule has 0 radical (unpaired) electrons. The molecule has 1 aliphatic carbocycles. The van der Waals surface area contributed by atoms with Crippen molar-refractivity contribution >= 4 is 17.5 Å². The van der Waals surface area contributed by atoms with Gasteiger partial charge >= 0.3 is 5.97 Å². The van der Waals surface area contributed by atoms with Gasteiger partial charge in [-0.3, -0.25) is 10.1 Å². The predicted octanol–water partition coefficient (Wildman–Crippen LogP) is 2.54. The molecule has 108 valence electrons. The minimum atomic E-state index is -1.22. The van der Waals surface area contributed by atoms with E-state index in [1.165, 1.54) is 12.8 Å². The van der Waals surface area contributed by atoms with E-state index in [-0.39, 0.29) is 17.1 Å². The lowest BCUT2D eigenvalue weighted by molar-refractivity contribution is -0.385. The molecule has 7 heteroatoms. The molecule has 0 bridgehead atoms. The highest BCUT2D eigenvalue weighted by Gasteiger charge is 2.24. The lowest BCUT2D eigenvalue weighted by Crippen LogP contribution is -2.18. The first kappa shape index (κ1) is 14.2. The van der Waals surface area contributed by atoms with Crippen molar-refractivity contribution in [3.63, 3.8) is 0 Å². The minimum absolute atomic E-state index is 0.162. The van der Waals surface area contributed by atoms with Crippen LogP contribution in [0.4, 0.5) is 11.5 Å². The molecule has 1 saturated carbocycles. The van der Waals surface area contributed by atoms with Crippen molar-refractivity contribution in [2.45, 2.75) is 26.2 Å². The molecule has 0 amide bonds. The fourth-order valence-electron chi connectivity index (χ4n) is 2.61. The van der Waals surface area contributed by atoms with Crippen molar-refractivity contribution in [3.05, 3.63) is 27.9 Å². The molecule has 2 unspecified atom stereocenters. The van der Waals surface area contributed by atoms with Gasteiger partial charge in [-0.2, -0.15) is 0 Å². The van der Waals surface area contributed by atoms with Crippen LogP contribution < -0.4 is 5.32 Å². The van der Waals surface area contributed by atoms with Gasteiger partial charge in [0.25, 0.3) is 5.69 Å². The normalized spacial score (nSPS) is 21.6. The highest BCUT2D eigenvalue weighted by Crippen LogP contribution is 2.31. The van der Waals surface area contributed by atoms with E-state index in [0.717, 1.165) is 18.7 Å². The molecule has 0 saturated heterocycles. The van der Waals surface area contributed by atoms with Gasteiger partial charge < -0.3 is 10.4 Å². The number of nitro groups is 1. The molecule has 1 aromatic rings. The van der Waals surface area contributed by atoms with Crippen LogP contribution in [0.2, 0.25) is 0 Å². The number of nitrogens with one attached hydrogen (secondary N) is 1. The van der Waals surface area contributed by atoms with E-state index in [4.69, 9.17) is 5.11 Å². The number of aromatic carboxylic acids is 1. The first-order valence-corrected chi connectivity index (χ1v) is 6.60. The first-order chi connectivity index (χ1) is 9.49. The van der Waals surface area contributed by atoms with Crippen molar-refractivity contribution in [2.24, 2.45) is 11.8 Å². The van der Waals surface area contributed by atoms with Crippen LogP contribution in [0.15, 0.2) is 12.3 Å². The summed E-state index contributed by atoms with van der Waals surface area (Å²) in [5.41, 5.74) is -0.480. The van der Waals surface area contributed by atoms with Gasteiger partial charge in [0, 0.05) is 12.6 Å². The maximum atomic E-state index is 11.2. The van der Waals surface area contributed by atoms with Crippen molar-refractivity contribution in [1.82, 2.24) is 4.98 Å². The van der Waals surface area contributed by atoms with E-state index in [9.17, 15) is 14.9 Å². The lowest BCUT2D eigenvalue weighted by Gasteiger charge is -2.17.